The summed E-state index contributed by atoms with van der Waals surface area (Å²) in [6.45, 7) is 3.53. The van der Waals surface area contributed by atoms with E-state index in [0.717, 1.165) is 38.2 Å². The van der Waals surface area contributed by atoms with Crippen LogP contribution in [-0.4, -0.2) is 26.1 Å². The molecular weight excluding hydrogens is 240 g/mol. The summed E-state index contributed by atoms with van der Waals surface area (Å²) in [6, 6.07) is 6.36. The Hall–Kier alpha value is -1.32. The number of ether oxygens (including phenoxy) is 3. The second-order valence-corrected chi connectivity index (χ2v) is 5.23. The van der Waals surface area contributed by atoms with E-state index in [1.54, 1.807) is 7.11 Å². The lowest BCUT2D eigenvalue weighted by Gasteiger charge is -2.30. The van der Waals surface area contributed by atoms with Gasteiger partial charge in [0.15, 0.2) is 5.79 Å². The minimum atomic E-state index is -0.328. The highest BCUT2D eigenvalue weighted by molar-refractivity contribution is 5.68. The lowest BCUT2D eigenvalue weighted by molar-refractivity contribution is -0.159. The van der Waals surface area contributed by atoms with Gasteiger partial charge >= 0.3 is 0 Å². The summed E-state index contributed by atoms with van der Waals surface area (Å²) in [5.41, 5.74) is 3.84. The van der Waals surface area contributed by atoms with E-state index >= 15 is 0 Å². The van der Waals surface area contributed by atoms with Crippen molar-refractivity contribution in [3.63, 3.8) is 0 Å². The van der Waals surface area contributed by atoms with E-state index in [4.69, 9.17) is 14.2 Å². The van der Waals surface area contributed by atoms with Gasteiger partial charge in [-0.1, -0.05) is 12.1 Å². The predicted molar refractivity (Wildman–Crippen MR) is 74.2 cm³/mol. The van der Waals surface area contributed by atoms with E-state index in [2.05, 4.69) is 25.1 Å². The van der Waals surface area contributed by atoms with Gasteiger partial charge in [-0.25, -0.2) is 0 Å². The first-order chi connectivity index (χ1) is 9.22. The van der Waals surface area contributed by atoms with Gasteiger partial charge in [0.2, 0.25) is 0 Å². The first-order valence-electron chi connectivity index (χ1n) is 6.84. The highest BCUT2D eigenvalue weighted by Crippen LogP contribution is 2.38. The molecule has 0 saturated carbocycles. The van der Waals surface area contributed by atoms with E-state index in [1.165, 1.54) is 16.7 Å². The molecule has 3 heteroatoms. The molecule has 0 bridgehead atoms. The van der Waals surface area contributed by atoms with E-state index in [0.29, 0.717) is 0 Å². The smallest absolute Gasteiger partial charge is 0.172 e. The summed E-state index contributed by atoms with van der Waals surface area (Å²) >= 11 is 0. The van der Waals surface area contributed by atoms with Gasteiger partial charge in [-0.2, -0.15) is 0 Å². The second-order valence-electron chi connectivity index (χ2n) is 5.23. The lowest BCUT2D eigenvalue weighted by atomic mass is 9.89. The fourth-order valence-corrected chi connectivity index (χ4v) is 2.91. The van der Waals surface area contributed by atoms with E-state index < -0.39 is 0 Å². The highest BCUT2D eigenvalue weighted by Gasteiger charge is 2.37. The Morgan fingerprint density at radius 2 is 2.00 bits per heavy atom. The molecule has 0 radical (unpaired) electrons. The summed E-state index contributed by atoms with van der Waals surface area (Å²) in [7, 11) is 1.71. The number of rotatable bonds is 2. The Morgan fingerprint density at radius 3 is 2.58 bits per heavy atom. The van der Waals surface area contributed by atoms with Crippen LogP contribution in [0.2, 0.25) is 0 Å². The quantitative estimate of drug-likeness (QED) is 0.816. The fourth-order valence-electron chi connectivity index (χ4n) is 2.91. The summed E-state index contributed by atoms with van der Waals surface area (Å²) in [5.74, 6) is 0.615. The van der Waals surface area contributed by atoms with Gasteiger partial charge < -0.3 is 14.2 Å². The molecule has 0 unspecified atom stereocenters. The number of allylic oxidation sites excluding steroid dienone is 1. The molecule has 1 spiro atoms. The van der Waals surface area contributed by atoms with Gasteiger partial charge in [-0.3, -0.25) is 0 Å². The average molecular weight is 260 g/mol. The van der Waals surface area contributed by atoms with Crippen molar-refractivity contribution in [2.75, 3.05) is 20.3 Å². The maximum Gasteiger partial charge on any atom is 0.172 e. The van der Waals surface area contributed by atoms with E-state index in [-0.39, 0.29) is 5.79 Å². The molecule has 0 N–H and O–H groups in total. The largest absolute Gasteiger partial charge is 0.496 e. The number of hydrogen-bond donors (Lipinski definition) is 0. The van der Waals surface area contributed by atoms with Crippen LogP contribution in [0.3, 0.4) is 0 Å². The molecule has 0 aromatic heterocycles. The number of benzene rings is 1. The topological polar surface area (TPSA) is 27.7 Å². The van der Waals surface area contributed by atoms with Crippen LogP contribution in [0.5, 0.6) is 5.75 Å². The third-order valence-corrected chi connectivity index (χ3v) is 4.01. The molecule has 1 fully saturated rings. The minimum absolute atomic E-state index is 0.328. The maximum absolute atomic E-state index is 5.74. The molecule has 102 valence electrons. The molecule has 1 saturated heterocycles. The Balaban J connectivity index is 1.80. The van der Waals surface area contributed by atoms with Gasteiger partial charge in [0.05, 0.1) is 20.3 Å². The highest BCUT2D eigenvalue weighted by atomic mass is 16.7. The zero-order valence-electron chi connectivity index (χ0n) is 11.6. The van der Waals surface area contributed by atoms with Gasteiger partial charge in [0.25, 0.3) is 0 Å². The van der Waals surface area contributed by atoms with Gasteiger partial charge in [-0.05, 0) is 42.2 Å². The average Bonchev–Trinajstić information content (AvgIpc) is 2.88. The van der Waals surface area contributed by atoms with Crippen LogP contribution < -0.4 is 4.74 Å². The summed E-state index contributed by atoms with van der Waals surface area (Å²) in [5, 5.41) is 0. The van der Waals surface area contributed by atoms with Gasteiger partial charge in [0, 0.05) is 12.8 Å². The standard InChI is InChI=1S/C16H20O3/c1-12-11-14(3-4-15(12)17-2)13-5-7-16(8-6-13)18-9-10-19-16/h3-5,11H,6-10H2,1-2H3. The molecule has 3 rings (SSSR count). The van der Waals surface area contributed by atoms with E-state index in [1.807, 2.05) is 6.07 Å². The molecule has 3 nitrogen and oxygen atoms in total. The van der Waals surface area contributed by atoms with Crippen LogP contribution in [0, 0.1) is 6.92 Å². The Kier molecular flexibility index (Phi) is 3.33. The van der Waals surface area contributed by atoms with Crippen molar-refractivity contribution in [2.45, 2.75) is 32.0 Å². The van der Waals surface area contributed by atoms with Crippen LogP contribution in [0.4, 0.5) is 0 Å². The van der Waals surface area contributed by atoms with Crippen molar-refractivity contribution in [3.8, 4) is 5.75 Å². The van der Waals surface area contributed by atoms with Crippen LogP contribution in [-0.2, 0) is 9.47 Å². The number of methoxy groups -OCH3 is 1. The van der Waals surface area contributed by atoms with Crippen molar-refractivity contribution in [1.82, 2.24) is 0 Å². The predicted octanol–water partition coefficient (Wildman–Crippen LogP) is 3.31. The number of aryl methyl sites for hydroxylation is 1. The van der Waals surface area contributed by atoms with Crippen LogP contribution in [0.15, 0.2) is 24.3 Å². The zero-order chi connectivity index (χ0) is 13.3. The summed E-state index contributed by atoms with van der Waals surface area (Å²) in [4.78, 5) is 0. The zero-order valence-corrected chi connectivity index (χ0v) is 11.6. The first-order valence-corrected chi connectivity index (χ1v) is 6.84. The monoisotopic (exact) mass is 260 g/mol. The molecular formula is C16H20O3. The molecule has 19 heavy (non-hydrogen) atoms. The fraction of sp³-hybridized carbons (Fsp3) is 0.500. The molecule has 1 aromatic carbocycles. The SMILES string of the molecule is COc1ccc(C2=CCC3(CC2)OCCO3)cc1C. The second kappa shape index (κ2) is 4.99. The third kappa shape index (κ3) is 2.40. The molecule has 1 heterocycles. The third-order valence-electron chi connectivity index (χ3n) is 4.01. The first kappa shape index (κ1) is 12.7. The molecule has 2 aliphatic rings. The normalized spacial score (nSPS) is 21.5. The van der Waals surface area contributed by atoms with Crippen LogP contribution in [0.1, 0.15) is 30.4 Å². The van der Waals surface area contributed by atoms with Crippen LogP contribution >= 0.6 is 0 Å². The van der Waals surface area contributed by atoms with Gasteiger partial charge in [0.1, 0.15) is 5.75 Å². The van der Waals surface area contributed by atoms with Crippen molar-refractivity contribution in [3.05, 3.63) is 35.4 Å². The Labute approximate surface area is 114 Å². The van der Waals surface area contributed by atoms with Crippen molar-refractivity contribution in [2.24, 2.45) is 0 Å². The molecule has 1 aromatic rings. The van der Waals surface area contributed by atoms with Crippen molar-refractivity contribution >= 4 is 5.57 Å². The van der Waals surface area contributed by atoms with Gasteiger partial charge in [-0.15, -0.1) is 0 Å². The molecule has 1 aliphatic heterocycles. The minimum Gasteiger partial charge on any atom is -0.496 e. The Bertz CT molecular complexity index is 499. The van der Waals surface area contributed by atoms with Crippen molar-refractivity contribution < 1.29 is 14.2 Å². The molecule has 1 aliphatic carbocycles. The van der Waals surface area contributed by atoms with Crippen molar-refractivity contribution in [1.29, 1.82) is 0 Å². The molecule has 0 atom stereocenters. The van der Waals surface area contributed by atoms with E-state index in [9.17, 15) is 0 Å². The summed E-state index contributed by atoms with van der Waals surface area (Å²) < 4.78 is 16.8. The molecule has 0 amide bonds. The summed E-state index contributed by atoms with van der Waals surface area (Å²) in [6.07, 6.45) is 5.07. The van der Waals surface area contributed by atoms with Crippen LogP contribution in [0.25, 0.3) is 5.57 Å². The maximum atomic E-state index is 5.74. The lowest BCUT2D eigenvalue weighted by Crippen LogP contribution is -2.31. The number of hydrogen-bond acceptors (Lipinski definition) is 3. The Morgan fingerprint density at radius 1 is 1.21 bits per heavy atom.